The van der Waals surface area contributed by atoms with Crippen LogP contribution in [0.25, 0.3) is 22.6 Å². The average Bonchev–Trinajstić information content (AvgIpc) is 3.25. The molecule has 4 aromatic rings. The van der Waals surface area contributed by atoms with Crippen LogP contribution in [0.5, 0.6) is 5.88 Å². The lowest BCUT2D eigenvalue weighted by Crippen LogP contribution is -2.65. The number of nitrogen functional groups attached to an aromatic ring is 1. The summed E-state index contributed by atoms with van der Waals surface area (Å²) >= 11 is 6.21. The second kappa shape index (κ2) is 11.2. The third kappa shape index (κ3) is 5.81. The van der Waals surface area contributed by atoms with Crippen molar-refractivity contribution in [3.05, 3.63) is 59.5 Å². The number of rotatable bonds is 10. The predicted molar refractivity (Wildman–Crippen MR) is 153 cm³/mol. The molecular formula is C28H31ClFN9O2. The Labute approximate surface area is 241 Å². The van der Waals surface area contributed by atoms with Crippen LogP contribution in [0.1, 0.15) is 18.9 Å². The molecule has 1 atom stereocenters. The van der Waals surface area contributed by atoms with E-state index < -0.39 is 5.82 Å². The highest BCUT2D eigenvalue weighted by Gasteiger charge is 2.48. The maximum absolute atomic E-state index is 15.3. The SMILES string of the molecule is C[C@@H](CCOc1c(-c2nccc(N)n2)cnn1C)Nc1cc(Cl)ncc1-c1ncc(CN2CC3(COC3)C2)cc1F. The van der Waals surface area contributed by atoms with E-state index in [1.54, 1.807) is 54.7 Å². The zero-order chi connectivity index (χ0) is 28.6. The molecule has 6 rings (SSSR count). The number of hydrogen-bond donors (Lipinski definition) is 2. The first-order valence-electron chi connectivity index (χ1n) is 13.4. The van der Waals surface area contributed by atoms with Crippen LogP contribution in [0.4, 0.5) is 15.9 Å². The zero-order valence-electron chi connectivity index (χ0n) is 22.8. The van der Waals surface area contributed by atoms with Gasteiger partial charge in [-0.3, -0.25) is 9.88 Å². The van der Waals surface area contributed by atoms with Crippen LogP contribution in [-0.4, -0.2) is 73.6 Å². The van der Waals surface area contributed by atoms with E-state index in [0.717, 1.165) is 31.9 Å². The number of nitrogens with two attached hydrogens (primary N) is 1. The van der Waals surface area contributed by atoms with Gasteiger partial charge in [-0.15, -0.1) is 0 Å². The Morgan fingerprint density at radius 2 is 2.00 bits per heavy atom. The molecule has 13 heteroatoms. The number of nitrogens with one attached hydrogen (secondary N) is 1. The Morgan fingerprint density at radius 3 is 2.73 bits per heavy atom. The molecule has 1 spiro atoms. The summed E-state index contributed by atoms with van der Waals surface area (Å²) in [5.41, 5.74) is 9.01. The van der Waals surface area contributed by atoms with E-state index >= 15 is 4.39 Å². The van der Waals surface area contributed by atoms with Crippen LogP contribution >= 0.6 is 11.6 Å². The van der Waals surface area contributed by atoms with Gasteiger partial charge in [-0.05, 0) is 30.7 Å². The van der Waals surface area contributed by atoms with Crippen LogP contribution in [-0.2, 0) is 18.3 Å². The molecule has 0 radical (unpaired) electrons. The van der Waals surface area contributed by atoms with Gasteiger partial charge in [-0.2, -0.15) is 5.10 Å². The third-order valence-electron chi connectivity index (χ3n) is 7.36. The number of halogens is 2. The number of hydrogen-bond acceptors (Lipinski definition) is 10. The molecule has 0 aromatic carbocycles. The van der Waals surface area contributed by atoms with Crippen LogP contribution < -0.4 is 15.8 Å². The van der Waals surface area contributed by atoms with Crippen molar-refractivity contribution in [1.82, 2.24) is 34.6 Å². The molecule has 2 saturated heterocycles. The summed E-state index contributed by atoms with van der Waals surface area (Å²) in [5, 5.41) is 7.99. The van der Waals surface area contributed by atoms with Gasteiger partial charge in [0.05, 0.1) is 26.0 Å². The van der Waals surface area contributed by atoms with Crippen molar-refractivity contribution in [1.29, 1.82) is 0 Å². The first kappa shape index (κ1) is 27.3. The molecule has 6 heterocycles. The molecule has 214 valence electrons. The van der Waals surface area contributed by atoms with E-state index in [1.807, 2.05) is 6.92 Å². The number of likely N-dealkylation sites (tertiary alicyclic amines) is 1. The van der Waals surface area contributed by atoms with Gasteiger partial charge < -0.3 is 20.5 Å². The minimum atomic E-state index is -0.402. The zero-order valence-corrected chi connectivity index (χ0v) is 23.6. The number of aromatic nitrogens is 6. The van der Waals surface area contributed by atoms with Gasteiger partial charge in [-0.25, -0.2) is 24.0 Å². The Kier molecular flexibility index (Phi) is 7.45. The molecule has 0 saturated carbocycles. The normalized spacial score (nSPS) is 16.7. The van der Waals surface area contributed by atoms with Crippen molar-refractivity contribution in [2.45, 2.75) is 25.9 Å². The molecule has 2 aliphatic rings. The van der Waals surface area contributed by atoms with Gasteiger partial charge in [0.1, 0.15) is 28.0 Å². The highest BCUT2D eigenvalue weighted by atomic mass is 35.5. The van der Waals surface area contributed by atoms with E-state index in [2.05, 4.69) is 35.3 Å². The van der Waals surface area contributed by atoms with E-state index in [1.165, 1.54) is 0 Å². The molecular weight excluding hydrogens is 549 g/mol. The number of ether oxygens (including phenoxy) is 2. The van der Waals surface area contributed by atoms with Crippen LogP contribution in [0.15, 0.2) is 43.0 Å². The fourth-order valence-electron chi connectivity index (χ4n) is 5.27. The first-order valence-corrected chi connectivity index (χ1v) is 13.8. The van der Waals surface area contributed by atoms with Crippen LogP contribution in [0, 0.1) is 11.2 Å². The maximum Gasteiger partial charge on any atom is 0.222 e. The van der Waals surface area contributed by atoms with Crippen molar-refractivity contribution in [3.8, 4) is 28.5 Å². The second-order valence-corrected chi connectivity index (χ2v) is 11.2. The molecule has 4 aromatic heterocycles. The van der Waals surface area contributed by atoms with Crippen molar-refractivity contribution >= 4 is 23.1 Å². The Hall–Kier alpha value is -3.87. The smallest absolute Gasteiger partial charge is 0.222 e. The fraction of sp³-hybridized carbons (Fsp3) is 0.393. The monoisotopic (exact) mass is 579 g/mol. The van der Waals surface area contributed by atoms with E-state index in [0.29, 0.717) is 64.5 Å². The van der Waals surface area contributed by atoms with Crippen molar-refractivity contribution in [2.24, 2.45) is 12.5 Å². The minimum Gasteiger partial charge on any atom is -0.477 e. The molecule has 2 fully saturated rings. The lowest BCUT2D eigenvalue weighted by molar-refractivity contribution is -0.191. The van der Waals surface area contributed by atoms with Crippen molar-refractivity contribution in [3.63, 3.8) is 0 Å². The predicted octanol–water partition coefficient (Wildman–Crippen LogP) is 3.81. The summed E-state index contributed by atoms with van der Waals surface area (Å²) in [5.74, 6) is 0.942. The lowest BCUT2D eigenvalue weighted by Gasteiger charge is -2.55. The molecule has 0 aliphatic carbocycles. The largest absolute Gasteiger partial charge is 0.477 e. The second-order valence-electron chi connectivity index (χ2n) is 10.8. The van der Waals surface area contributed by atoms with Crippen LogP contribution in [0.3, 0.4) is 0 Å². The summed E-state index contributed by atoms with van der Waals surface area (Å²) in [6.07, 6.45) is 7.13. The Balaban J connectivity index is 1.10. The molecule has 3 N–H and O–H groups in total. The summed E-state index contributed by atoms with van der Waals surface area (Å²) < 4.78 is 28.4. The maximum atomic E-state index is 15.3. The molecule has 11 nitrogen and oxygen atoms in total. The van der Waals surface area contributed by atoms with Crippen LogP contribution in [0.2, 0.25) is 5.15 Å². The Bertz CT molecular complexity index is 1550. The number of pyridine rings is 2. The number of aryl methyl sites for hydroxylation is 1. The number of nitrogens with zero attached hydrogens (tertiary/aromatic N) is 7. The van der Waals surface area contributed by atoms with E-state index in [4.69, 9.17) is 26.8 Å². The fourth-order valence-corrected chi connectivity index (χ4v) is 5.43. The molecule has 0 unspecified atom stereocenters. The summed E-state index contributed by atoms with van der Waals surface area (Å²) in [6, 6.07) is 4.80. The van der Waals surface area contributed by atoms with Gasteiger partial charge in [0.15, 0.2) is 5.82 Å². The molecule has 0 amide bonds. The Morgan fingerprint density at radius 1 is 1.17 bits per heavy atom. The summed E-state index contributed by atoms with van der Waals surface area (Å²) in [7, 11) is 1.79. The standard InChI is InChI=1S/C28H31ClFN9O2/c1-17(4-6-41-27-20(11-35-38(27)2)26-32-5-3-24(31)37-26)36-22-8-23(29)33-10-19(22)25-21(30)7-18(9-34-25)12-39-13-28(14-39)15-40-16-28/h3,5,7-11,17H,4,6,12-16H2,1-2H3,(H,33,36)(H2,31,32,37)/t17-/m0/s1. The molecule has 0 bridgehead atoms. The quantitative estimate of drug-likeness (QED) is 0.268. The average molecular weight is 580 g/mol. The van der Waals surface area contributed by atoms with Gasteiger partial charge >= 0.3 is 0 Å². The van der Waals surface area contributed by atoms with Gasteiger partial charge in [0.2, 0.25) is 5.88 Å². The highest BCUT2D eigenvalue weighted by Crippen LogP contribution is 2.38. The van der Waals surface area contributed by atoms with Crippen molar-refractivity contribution < 1.29 is 13.9 Å². The minimum absolute atomic E-state index is 0.0518. The lowest BCUT2D eigenvalue weighted by atomic mass is 9.78. The van der Waals surface area contributed by atoms with Gasteiger partial charge in [0, 0.05) is 74.4 Å². The first-order chi connectivity index (χ1) is 19.8. The molecule has 2 aliphatic heterocycles. The number of anilines is 2. The van der Waals surface area contributed by atoms with Gasteiger partial charge in [-0.1, -0.05) is 11.6 Å². The third-order valence-corrected chi connectivity index (χ3v) is 7.56. The summed E-state index contributed by atoms with van der Waals surface area (Å²) in [6.45, 7) is 6.64. The topological polar surface area (TPSA) is 129 Å². The molecule has 41 heavy (non-hydrogen) atoms. The van der Waals surface area contributed by atoms with E-state index in [-0.39, 0.29) is 11.7 Å². The van der Waals surface area contributed by atoms with Crippen molar-refractivity contribution in [2.75, 3.05) is 44.0 Å². The summed E-state index contributed by atoms with van der Waals surface area (Å²) in [4.78, 5) is 19.5. The van der Waals surface area contributed by atoms with Gasteiger partial charge in [0.25, 0.3) is 0 Å². The highest BCUT2D eigenvalue weighted by molar-refractivity contribution is 6.29. The van der Waals surface area contributed by atoms with E-state index in [9.17, 15) is 0 Å².